The second-order valence-electron chi connectivity index (χ2n) is 3.37. The normalized spacial score (nSPS) is 16.0. The van der Waals surface area contributed by atoms with Crippen molar-refractivity contribution in [3.63, 3.8) is 0 Å². The summed E-state index contributed by atoms with van der Waals surface area (Å²) in [4.78, 5) is 0. The van der Waals surface area contributed by atoms with Crippen LogP contribution < -0.4 is 0 Å². The molecule has 0 aliphatic heterocycles. The van der Waals surface area contributed by atoms with Crippen molar-refractivity contribution in [1.82, 2.24) is 0 Å². The lowest BCUT2D eigenvalue weighted by molar-refractivity contribution is 0.152. The molecule has 12 heavy (non-hydrogen) atoms. The maximum absolute atomic E-state index is 9.54. The summed E-state index contributed by atoms with van der Waals surface area (Å²) < 4.78 is 0. The number of hydrogen-bond donors (Lipinski definition) is 1. The standard InChI is InChI=1S/C10H21ClO/c1-3-5-7-9(11)10(12)8-6-4-2/h9-10,12H,3-8H2,1-2H3/t9-,10+/m0/s1. The average molecular weight is 193 g/mol. The van der Waals surface area contributed by atoms with E-state index >= 15 is 0 Å². The van der Waals surface area contributed by atoms with Crippen molar-refractivity contribution in [2.75, 3.05) is 0 Å². The van der Waals surface area contributed by atoms with Gasteiger partial charge in [-0.05, 0) is 12.8 Å². The van der Waals surface area contributed by atoms with Gasteiger partial charge in [-0.3, -0.25) is 0 Å². The van der Waals surface area contributed by atoms with Crippen LogP contribution >= 0.6 is 11.6 Å². The van der Waals surface area contributed by atoms with Crippen LogP contribution in [-0.2, 0) is 0 Å². The summed E-state index contributed by atoms with van der Waals surface area (Å²) >= 11 is 6.00. The molecule has 0 aromatic carbocycles. The molecule has 0 saturated carbocycles. The largest absolute Gasteiger partial charge is 0.392 e. The van der Waals surface area contributed by atoms with Gasteiger partial charge in [0.1, 0.15) is 0 Å². The number of hydrogen-bond acceptors (Lipinski definition) is 1. The smallest absolute Gasteiger partial charge is 0.0703 e. The second kappa shape index (κ2) is 7.88. The molecule has 0 aromatic heterocycles. The summed E-state index contributed by atoms with van der Waals surface area (Å²) in [7, 11) is 0. The summed E-state index contributed by atoms with van der Waals surface area (Å²) in [6.45, 7) is 4.27. The molecule has 0 unspecified atom stereocenters. The van der Waals surface area contributed by atoms with E-state index in [2.05, 4.69) is 13.8 Å². The zero-order valence-electron chi connectivity index (χ0n) is 8.22. The van der Waals surface area contributed by atoms with Gasteiger partial charge in [0.05, 0.1) is 11.5 Å². The third-order valence-electron chi connectivity index (χ3n) is 2.10. The Balaban J connectivity index is 3.39. The van der Waals surface area contributed by atoms with Crippen molar-refractivity contribution in [3.8, 4) is 0 Å². The third-order valence-corrected chi connectivity index (χ3v) is 2.61. The first kappa shape index (κ1) is 12.2. The lowest BCUT2D eigenvalue weighted by Crippen LogP contribution is -2.20. The molecule has 1 N–H and O–H groups in total. The summed E-state index contributed by atoms with van der Waals surface area (Å²) in [5.74, 6) is 0. The number of alkyl halides is 1. The molecule has 0 saturated heterocycles. The van der Waals surface area contributed by atoms with Crippen LogP contribution in [0.25, 0.3) is 0 Å². The van der Waals surface area contributed by atoms with E-state index in [0.29, 0.717) is 0 Å². The monoisotopic (exact) mass is 192 g/mol. The van der Waals surface area contributed by atoms with Gasteiger partial charge in [0.15, 0.2) is 0 Å². The highest BCUT2D eigenvalue weighted by Gasteiger charge is 2.14. The Morgan fingerprint density at radius 2 is 1.58 bits per heavy atom. The molecule has 2 heteroatoms. The van der Waals surface area contributed by atoms with Crippen LogP contribution in [-0.4, -0.2) is 16.6 Å². The number of halogens is 1. The summed E-state index contributed by atoms with van der Waals surface area (Å²) in [5, 5.41) is 9.51. The summed E-state index contributed by atoms with van der Waals surface area (Å²) in [6, 6.07) is 0. The van der Waals surface area contributed by atoms with Crippen molar-refractivity contribution in [1.29, 1.82) is 0 Å². The van der Waals surface area contributed by atoms with E-state index < -0.39 is 0 Å². The van der Waals surface area contributed by atoms with E-state index in [1.165, 1.54) is 0 Å². The van der Waals surface area contributed by atoms with E-state index in [4.69, 9.17) is 11.6 Å². The maximum atomic E-state index is 9.54. The van der Waals surface area contributed by atoms with Gasteiger partial charge in [0.25, 0.3) is 0 Å². The fourth-order valence-electron chi connectivity index (χ4n) is 1.19. The quantitative estimate of drug-likeness (QED) is 0.614. The summed E-state index contributed by atoms with van der Waals surface area (Å²) in [6.07, 6.45) is 6.00. The van der Waals surface area contributed by atoms with E-state index in [-0.39, 0.29) is 11.5 Å². The highest BCUT2D eigenvalue weighted by Crippen LogP contribution is 2.15. The topological polar surface area (TPSA) is 20.2 Å². The molecule has 2 atom stereocenters. The molecule has 0 aliphatic rings. The lowest BCUT2D eigenvalue weighted by atomic mass is 10.1. The number of aliphatic hydroxyl groups is 1. The Morgan fingerprint density at radius 3 is 2.08 bits per heavy atom. The Hall–Kier alpha value is 0.250. The van der Waals surface area contributed by atoms with Gasteiger partial charge >= 0.3 is 0 Å². The molecule has 0 radical (unpaired) electrons. The molecule has 0 aliphatic carbocycles. The SMILES string of the molecule is CCCC[C@@H](O)[C@@H](Cl)CCCC. The molecule has 0 heterocycles. The van der Waals surface area contributed by atoms with Gasteiger partial charge in [-0.1, -0.05) is 39.5 Å². The minimum atomic E-state index is -0.293. The van der Waals surface area contributed by atoms with Crippen molar-refractivity contribution < 1.29 is 5.11 Å². The van der Waals surface area contributed by atoms with E-state index in [0.717, 1.165) is 38.5 Å². The van der Waals surface area contributed by atoms with Crippen molar-refractivity contribution in [2.24, 2.45) is 0 Å². The van der Waals surface area contributed by atoms with Crippen LogP contribution in [0.5, 0.6) is 0 Å². The third kappa shape index (κ3) is 5.84. The molecular weight excluding hydrogens is 172 g/mol. The van der Waals surface area contributed by atoms with Gasteiger partial charge in [0.2, 0.25) is 0 Å². The average Bonchev–Trinajstić information content (AvgIpc) is 2.10. The van der Waals surface area contributed by atoms with Gasteiger partial charge in [0, 0.05) is 0 Å². The lowest BCUT2D eigenvalue weighted by Gasteiger charge is -2.15. The van der Waals surface area contributed by atoms with E-state index in [1.54, 1.807) is 0 Å². The Bertz CT molecular complexity index is 83.8. The highest BCUT2D eigenvalue weighted by molar-refractivity contribution is 6.21. The first-order valence-corrected chi connectivity index (χ1v) is 5.48. The maximum Gasteiger partial charge on any atom is 0.0703 e. The molecular formula is C10H21ClO. The van der Waals surface area contributed by atoms with Crippen LogP contribution in [0.2, 0.25) is 0 Å². The molecule has 0 rings (SSSR count). The van der Waals surface area contributed by atoms with Crippen molar-refractivity contribution in [3.05, 3.63) is 0 Å². The molecule has 1 nitrogen and oxygen atoms in total. The van der Waals surface area contributed by atoms with Gasteiger partial charge in [-0.25, -0.2) is 0 Å². The Morgan fingerprint density at radius 1 is 1.08 bits per heavy atom. The summed E-state index contributed by atoms with van der Waals surface area (Å²) in [5.41, 5.74) is 0. The van der Waals surface area contributed by atoms with Gasteiger partial charge < -0.3 is 5.11 Å². The molecule has 0 amide bonds. The zero-order valence-corrected chi connectivity index (χ0v) is 8.98. The fourth-order valence-corrected chi connectivity index (χ4v) is 1.47. The van der Waals surface area contributed by atoms with Crippen LogP contribution in [0, 0.1) is 0 Å². The molecule has 0 bridgehead atoms. The highest BCUT2D eigenvalue weighted by atomic mass is 35.5. The van der Waals surface area contributed by atoms with Crippen molar-refractivity contribution >= 4 is 11.6 Å². The fraction of sp³-hybridized carbons (Fsp3) is 1.00. The van der Waals surface area contributed by atoms with E-state index in [9.17, 15) is 5.11 Å². The number of aliphatic hydroxyl groups excluding tert-OH is 1. The molecule has 0 spiro atoms. The van der Waals surface area contributed by atoms with Crippen LogP contribution in [0.4, 0.5) is 0 Å². The zero-order chi connectivity index (χ0) is 9.40. The predicted octanol–water partition coefficient (Wildman–Crippen LogP) is 3.34. The Kier molecular flexibility index (Phi) is 8.04. The van der Waals surface area contributed by atoms with Gasteiger partial charge in [-0.2, -0.15) is 0 Å². The van der Waals surface area contributed by atoms with Gasteiger partial charge in [-0.15, -0.1) is 11.6 Å². The predicted molar refractivity (Wildman–Crippen MR) is 54.7 cm³/mol. The van der Waals surface area contributed by atoms with Crippen LogP contribution in [0.3, 0.4) is 0 Å². The first-order chi connectivity index (χ1) is 5.72. The van der Waals surface area contributed by atoms with Crippen molar-refractivity contribution in [2.45, 2.75) is 63.9 Å². The minimum absolute atomic E-state index is 0.0310. The number of unbranched alkanes of at least 4 members (excludes halogenated alkanes) is 2. The Labute approximate surface area is 81.1 Å². The second-order valence-corrected chi connectivity index (χ2v) is 3.93. The minimum Gasteiger partial charge on any atom is -0.392 e. The molecule has 0 fully saturated rings. The first-order valence-electron chi connectivity index (χ1n) is 5.04. The van der Waals surface area contributed by atoms with Crippen LogP contribution in [0.15, 0.2) is 0 Å². The molecule has 0 aromatic rings. The number of rotatable bonds is 7. The molecule has 74 valence electrons. The van der Waals surface area contributed by atoms with E-state index in [1.807, 2.05) is 0 Å². The van der Waals surface area contributed by atoms with Crippen LogP contribution in [0.1, 0.15) is 52.4 Å².